The largest absolute Gasteiger partial charge is 0.341 e. The topological polar surface area (TPSA) is 152 Å². The molecule has 0 aliphatic heterocycles. The second-order valence-electron chi connectivity index (χ2n) is 8.40. The lowest BCUT2D eigenvalue weighted by Gasteiger charge is -2.16. The van der Waals surface area contributed by atoms with Crippen molar-refractivity contribution in [3.05, 3.63) is 94.8 Å². The third-order valence-electron chi connectivity index (χ3n) is 5.71. The smallest absolute Gasteiger partial charge is 0.245 e. The average Bonchev–Trinajstić information content (AvgIpc) is 3.29. The number of carbonyl (C=O) groups excluding carboxylic acids is 3. The number of nitrogens with zero attached hydrogens (tertiary/aromatic N) is 1. The standard InChI is InChI=1S/C25H18F4N4O5S/c1-11(34)24(30)33-39(37,38)20-8-12(6-7-14(20)26)22(35)21(25-31-18-4-2-3-5-19(18)32-25)23(36)13-9-16(28)17(29)10-15(13)27/h2-10,21,24,33H,30H2,1H3,(H,31,32). The first-order valence-electron chi connectivity index (χ1n) is 11.1. The van der Waals surface area contributed by atoms with E-state index in [1.54, 1.807) is 22.9 Å². The normalized spacial score (nSPS) is 13.3. The van der Waals surface area contributed by atoms with Crippen molar-refractivity contribution in [3.8, 4) is 0 Å². The fraction of sp³-hybridized carbons (Fsp3) is 0.120. The van der Waals surface area contributed by atoms with Gasteiger partial charge in [0, 0.05) is 11.6 Å². The molecule has 0 spiro atoms. The zero-order chi connectivity index (χ0) is 28.6. The minimum Gasteiger partial charge on any atom is -0.341 e. The molecular formula is C25H18F4N4O5S. The van der Waals surface area contributed by atoms with Crippen LogP contribution in [-0.4, -0.2) is 41.9 Å². The Morgan fingerprint density at radius 3 is 2.23 bits per heavy atom. The number of ketones is 3. The Morgan fingerprint density at radius 1 is 0.897 bits per heavy atom. The van der Waals surface area contributed by atoms with Gasteiger partial charge in [-0.15, -0.1) is 0 Å². The quantitative estimate of drug-likeness (QED) is 0.0932. The molecule has 0 saturated carbocycles. The molecule has 4 aromatic rings. The van der Waals surface area contributed by atoms with Gasteiger partial charge >= 0.3 is 0 Å². The number of halogens is 4. The maximum absolute atomic E-state index is 14.5. The molecule has 0 aliphatic carbocycles. The number of fused-ring (bicyclic) bond motifs is 1. The fourth-order valence-electron chi connectivity index (χ4n) is 3.69. The van der Waals surface area contributed by atoms with E-state index in [0.717, 1.165) is 13.0 Å². The van der Waals surface area contributed by atoms with Crippen molar-refractivity contribution in [1.29, 1.82) is 0 Å². The van der Waals surface area contributed by atoms with Crippen molar-refractivity contribution in [2.45, 2.75) is 23.9 Å². The Labute approximate surface area is 218 Å². The SMILES string of the molecule is CC(=O)C(N)NS(=O)(=O)c1cc(C(=O)C(C(=O)c2cc(F)c(F)cc2F)c2nc3ccccc3[nH]2)ccc1F. The number of aromatic amines is 1. The van der Waals surface area contributed by atoms with Gasteiger partial charge in [0.1, 0.15) is 34.4 Å². The molecule has 2 unspecified atom stereocenters. The summed E-state index contributed by atoms with van der Waals surface area (Å²) in [5.74, 6) is -11.5. The lowest BCUT2D eigenvalue weighted by atomic mass is 9.89. The van der Waals surface area contributed by atoms with Gasteiger partial charge in [0.05, 0.1) is 16.6 Å². The van der Waals surface area contributed by atoms with Crippen molar-refractivity contribution in [3.63, 3.8) is 0 Å². The molecule has 1 heterocycles. The Morgan fingerprint density at radius 2 is 1.56 bits per heavy atom. The highest BCUT2D eigenvalue weighted by Crippen LogP contribution is 2.29. The summed E-state index contributed by atoms with van der Waals surface area (Å²) >= 11 is 0. The van der Waals surface area contributed by atoms with Gasteiger partial charge in [-0.05, 0) is 43.3 Å². The molecule has 4 N–H and O–H groups in total. The number of benzene rings is 3. The number of nitrogens with one attached hydrogen (secondary N) is 2. The second kappa shape index (κ2) is 10.5. The predicted molar refractivity (Wildman–Crippen MR) is 129 cm³/mol. The van der Waals surface area contributed by atoms with Crippen LogP contribution >= 0.6 is 0 Å². The number of aromatic nitrogens is 2. The van der Waals surface area contributed by atoms with E-state index in [-0.39, 0.29) is 18.0 Å². The summed E-state index contributed by atoms with van der Waals surface area (Å²) in [6, 6.07) is 8.82. The van der Waals surface area contributed by atoms with Crippen LogP contribution in [0.25, 0.3) is 11.0 Å². The summed E-state index contributed by atoms with van der Waals surface area (Å²) in [5.41, 5.74) is 4.57. The summed E-state index contributed by atoms with van der Waals surface area (Å²) in [6.45, 7) is 0.991. The monoisotopic (exact) mass is 562 g/mol. The van der Waals surface area contributed by atoms with Crippen LogP contribution in [0.3, 0.4) is 0 Å². The summed E-state index contributed by atoms with van der Waals surface area (Å²) in [4.78, 5) is 44.3. The van der Waals surface area contributed by atoms with Crippen LogP contribution in [0.2, 0.25) is 0 Å². The van der Waals surface area contributed by atoms with E-state index in [1.807, 2.05) is 0 Å². The zero-order valence-electron chi connectivity index (χ0n) is 19.8. The Hall–Kier alpha value is -4.27. The minimum atomic E-state index is -4.77. The summed E-state index contributed by atoms with van der Waals surface area (Å²) in [7, 11) is -4.77. The molecule has 0 amide bonds. The van der Waals surface area contributed by atoms with Crippen LogP contribution in [0.1, 0.15) is 39.4 Å². The number of imidazole rings is 1. The molecule has 39 heavy (non-hydrogen) atoms. The third-order valence-corrected chi connectivity index (χ3v) is 7.16. The molecule has 14 heteroatoms. The first-order chi connectivity index (χ1) is 18.3. The molecule has 0 aliphatic rings. The number of hydrogen-bond acceptors (Lipinski definition) is 7. The molecule has 0 bridgehead atoms. The van der Waals surface area contributed by atoms with Crippen molar-refractivity contribution in [2.24, 2.45) is 5.73 Å². The van der Waals surface area contributed by atoms with Gasteiger partial charge < -0.3 is 10.7 Å². The fourth-order valence-corrected chi connectivity index (χ4v) is 4.92. The number of rotatable bonds is 9. The van der Waals surface area contributed by atoms with Gasteiger partial charge in [0.25, 0.3) is 0 Å². The van der Waals surface area contributed by atoms with Gasteiger partial charge in [-0.1, -0.05) is 12.1 Å². The van der Waals surface area contributed by atoms with Crippen molar-refractivity contribution in [2.75, 3.05) is 0 Å². The van der Waals surface area contributed by atoms with E-state index in [1.165, 1.54) is 6.07 Å². The highest BCUT2D eigenvalue weighted by molar-refractivity contribution is 7.89. The lowest BCUT2D eigenvalue weighted by molar-refractivity contribution is -0.118. The van der Waals surface area contributed by atoms with Crippen LogP contribution in [-0.2, 0) is 14.8 Å². The molecule has 0 fully saturated rings. The van der Waals surface area contributed by atoms with Crippen molar-refractivity contribution >= 4 is 38.4 Å². The van der Waals surface area contributed by atoms with E-state index < -0.39 is 78.7 Å². The molecule has 1 aromatic heterocycles. The number of para-hydroxylation sites is 2. The van der Waals surface area contributed by atoms with Crippen molar-refractivity contribution in [1.82, 2.24) is 14.7 Å². The molecule has 202 valence electrons. The summed E-state index contributed by atoms with van der Waals surface area (Å²) in [5, 5.41) is 0. The van der Waals surface area contributed by atoms with Gasteiger partial charge in [-0.25, -0.2) is 31.0 Å². The molecular weight excluding hydrogens is 544 g/mol. The number of H-pyrrole nitrogens is 1. The highest BCUT2D eigenvalue weighted by Gasteiger charge is 2.36. The van der Waals surface area contributed by atoms with E-state index in [9.17, 15) is 40.4 Å². The maximum Gasteiger partial charge on any atom is 0.245 e. The first-order valence-corrected chi connectivity index (χ1v) is 12.5. The van der Waals surface area contributed by atoms with Gasteiger partial charge in [0.2, 0.25) is 10.0 Å². The number of carbonyl (C=O) groups is 3. The average molecular weight is 563 g/mol. The molecule has 2 atom stereocenters. The Balaban J connectivity index is 1.85. The van der Waals surface area contributed by atoms with Crippen LogP contribution < -0.4 is 10.5 Å². The summed E-state index contributed by atoms with van der Waals surface area (Å²) in [6.07, 6.45) is -1.71. The summed E-state index contributed by atoms with van der Waals surface area (Å²) < 4.78 is 83.6. The Kier molecular flexibility index (Phi) is 7.46. The van der Waals surface area contributed by atoms with E-state index in [2.05, 4.69) is 9.97 Å². The number of sulfonamides is 1. The van der Waals surface area contributed by atoms with E-state index >= 15 is 0 Å². The van der Waals surface area contributed by atoms with Crippen LogP contribution in [0, 0.1) is 23.3 Å². The maximum atomic E-state index is 14.5. The molecule has 0 saturated heterocycles. The highest BCUT2D eigenvalue weighted by atomic mass is 32.2. The third kappa shape index (κ3) is 5.48. The van der Waals surface area contributed by atoms with Gasteiger partial charge in [-0.2, -0.15) is 4.72 Å². The number of nitrogens with two attached hydrogens (primary N) is 1. The van der Waals surface area contributed by atoms with Crippen LogP contribution in [0.5, 0.6) is 0 Å². The first kappa shape index (κ1) is 27.8. The van der Waals surface area contributed by atoms with E-state index in [0.29, 0.717) is 23.2 Å². The minimum absolute atomic E-state index is 0.134. The molecule has 4 rings (SSSR count). The van der Waals surface area contributed by atoms with Gasteiger partial charge in [0.15, 0.2) is 29.0 Å². The zero-order valence-corrected chi connectivity index (χ0v) is 20.7. The Bertz CT molecular complexity index is 1720. The molecule has 9 nitrogen and oxygen atoms in total. The lowest BCUT2D eigenvalue weighted by Crippen LogP contribution is -2.46. The number of Topliss-reactive ketones (excluding diaryl/α,β-unsaturated/α-hetero) is 3. The molecule has 0 radical (unpaired) electrons. The second-order valence-corrected chi connectivity index (χ2v) is 10.1. The van der Waals surface area contributed by atoms with Crippen LogP contribution in [0.4, 0.5) is 17.6 Å². The van der Waals surface area contributed by atoms with Crippen LogP contribution in [0.15, 0.2) is 59.5 Å². The number of hydrogen-bond donors (Lipinski definition) is 3. The van der Waals surface area contributed by atoms with Crippen molar-refractivity contribution < 1.29 is 40.4 Å². The molecule has 3 aromatic carbocycles. The predicted octanol–water partition coefficient (Wildman–Crippen LogP) is 3.12. The van der Waals surface area contributed by atoms with E-state index in [4.69, 9.17) is 5.73 Å². The van der Waals surface area contributed by atoms with Gasteiger partial charge in [-0.3, -0.25) is 14.4 Å².